The second kappa shape index (κ2) is 4.75. The molecule has 0 fully saturated rings. The van der Waals surface area contributed by atoms with Crippen molar-refractivity contribution in [1.82, 2.24) is 9.97 Å². The van der Waals surface area contributed by atoms with Crippen LogP contribution in [0, 0.1) is 0 Å². The highest BCUT2D eigenvalue weighted by Crippen LogP contribution is 2.32. The molecule has 2 heterocycles. The van der Waals surface area contributed by atoms with Crippen LogP contribution in [0.4, 0.5) is 19.0 Å². The molecule has 1 aliphatic heterocycles. The normalized spacial score (nSPS) is 19.8. The van der Waals surface area contributed by atoms with E-state index in [1.807, 2.05) is 0 Å². The molecule has 1 N–H and O–H groups in total. The van der Waals surface area contributed by atoms with Crippen molar-refractivity contribution in [2.24, 2.45) is 0 Å². The van der Waals surface area contributed by atoms with Gasteiger partial charge in [0.25, 0.3) is 5.91 Å². The Hall–Kier alpha value is -2.16. The Morgan fingerprint density at radius 3 is 2.55 bits per heavy atom. The van der Waals surface area contributed by atoms with Gasteiger partial charge in [-0.2, -0.15) is 13.2 Å². The van der Waals surface area contributed by atoms with Gasteiger partial charge in [0.1, 0.15) is 17.8 Å². The summed E-state index contributed by atoms with van der Waals surface area (Å²) in [6.45, 7) is 1.44. The Bertz CT molecular complexity index is 586. The molecule has 0 radical (unpaired) electrons. The Balaban J connectivity index is 2.42. The SMILES string of the molecule is COC1=C(C)C(O)N(c2cc(C(F)(F)F)ncn2)C1=O. The van der Waals surface area contributed by atoms with E-state index in [1.54, 1.807) is 0 Å². The molecule has 1 amide bonds. The van der Waals surface area contributed by atoms with Gasteiger partial charge in [0.15, 0.2) is 12.0 Å². The summed E-state index contributed by atoms with van der Waals surface area (Å²) < 4.78 is 42.6. The number of carbonyl (C=O) groups excluding carboxylic acids is 1. The lowest BCUT2D eigenvalue weighted by molar-refractivity contribution is -0.141. The third kappa shape index (κ3) is 2.20. The van der Waals surface area contributed by atoms with Crippen LogP contribution in [0.15, 0.2) is 23.7 Å². The first kappa shape index (κ1) is 14.3. The summed E-state index contributed by atoms with van der Waals surface area (Å²) in [6.07, 6.45) is -5.41. The van der Waals surface area contributed by atoms with E-state index in [4.69, 9.17) is 4.74 Å². The summed E-state index contributed by atoms with van der Waals surface area (Å²) in [6, 6.07) is 0.590. The van der Waals surface area contributed by atoms with E-state index in [2.05, 4.69) is 9.97 Å². The zero-order chi connectivity index (χ0) is 15.1. The van der Waals surface area contributed by atoms with Gasteiger partial charge in [0.05, 0.1) is 7.11 Å². The van der Waals surface area contributed by atoms with E-state index in [0.29, 0.717) is 17.3 Å². The van der Waals surface area contributed by atoms with Crippen LogP contribution >= 0.6 is 0 Å². The number of aliphatic hydroxyl groups excluding tert-OH is 1. The molecule has 0 saturated heterocycles. The Morgan fingerprint density at radius 1 is 1.40 bits per heavy atom. The molecule has 2 rings (SSSR count). The van der Waals surface area contributed by atoms with Crippen molar-refractivity contribution in [3.63, 3.8) is 0 Å². The highest BCUT2D eigenvalue weighted by atomic mass is 19.4. The minimum Gasteiger partial charge on any atom is -0.491 e. The van der Waals surface area contributed by atoms with Crippen LogP contribution in [0.1, 0.15) is 12.6 Å². The molecular formula is C11H10F3N3O3. The largest absolute Gasteiger partial charge is 0.491 e. The van der Waals surface area contributed by atoms with Crippen LogP contribution in [0.2, 0.25) is 0 Å². The first-order valence-electron chi connectivity index (χ1n) is 5.43. The van der Waals surface area contributed by atoms with Crippen LogP contribution in [0.25, 0.3) is 0 Å². The third-order valence-electron chi connectivity index (χ3n) is 2.80. The van der Waals surface area contributed by atoms with Gasteiger partial charge in [0, 0.05) is 11.6 Å². The number of aliphatic hydroxyl groups is 1. The average molecular weight is 289 g/mol. The Labute approximate surface area is 111 Å². The number of alkyl halides is 3. The molecule has 1 atom stereocenters. The molecule has 9 heteroatoms. The number of aromatic nitrogens is 2. The van der Waals surface area contributed by atoms with Crippen molar-refractivity contribution in [2.75, 3.05) is 12.0 Å². The number of amides is 1. The maximum Gasteiger partial charge on any atom is 0.433 e. The first-order chi connectivity index (χ1) is 9.27. The molecule has 1 aromatic rings. The minimum absolute atomic E-state index is 0.121. The van der Waals surface area contributed by atoms with E-state index in [-0.39, 0.29) is 17.2 Å². The molecule has 0 aromatic carbocycles. The van der Waals surface area contributed by atoms with Gasteiger partial charge in [-0.25, -0.2) is 9.97 Å². The zero-order valence-electron chi connectivity index (χ0n) is 10.5. The van der Waals surface area contributed by atoms with Gasteiger partial charge in [-0.1, -0.05) is 0 Å². The maximum atomic E-state index is 12.6. The van der Waals surface area contributed by atoms with E-state index in [1.165, 1.54) is 14.0 Å². The smallest absolute Gasteiger partial charge is 0.433 e. The highest BCUT2D eigenvalue weighted by molar-refractivity contribution is 6.07. The molecule has 1 aliphatic rings. The van der Waals surface area contributed by atoms with Crippen molar-refractivity contribution in [3.05, 3.63) is 29.4 Å². The second-order valence-corrected chi connectivity index (χ2v) is 4.02. The number of methoxy groups -OCH3 is 1. The summed E-state index contributed by atoms with van der Waals surface area (Å²) in [7, 11) is 1.23. The van der Waals surface area contributed by atoms with E-state index < -0.39 is 24.0 Å². The first-order valence-corrected chi connectivity index (χ1v) is 5.43. The van der Waals surface area contributed by atoms with Gasteiger partial charge in [-0.3, -0.25) is 9.69 Å². The number of hydrogen-bond donors (Lipinski definition) is 1. The molecule has 0 bridgehead atoms. The minimum atomic E-state index is -4.67. The van der Waals surface area contributed by atoms with Crippen molar-refractivity contribution < 1.29 is 27.8 Å². The third-order valence-corrected chi connectivity index (χ3v) is 2.80. The molecular weight excluding hydrogens is 279 g/mol. The lowest BCUT2D eigenvalue weighted by atomic mass is 10.3. The van der Waals surface area contributed by atoms with Crippen molar-refractivity contribution in [2.45, 2.75) is 19.3 Å². The predicted octanol–water partition coefficient (Wildman–Crippen LogP) is 1.08. The fourth-order valence-corrected chi connectivity index (χ4v) is 1.81. The van der Waals surface area contributed by atoms with Gasteiger partial charge in [-0.05, 0) is 6.92 Å². The van der Waals surface area contributed by atoms with E-state index in [0.717, 1.165) is 0 Å². The number of halogens is 3. The summed E-state index contributed by atoms with van der Waals surface area (Å²) in [5.41, 5.74) is -1.00. The van der Waals surface area contributed by atoms with Crippen LogP contribution in [-0.4, -0.2) is 34.3 Å². The molecule has 20 heavy (non-hydrogen) atoms. The molecule has 108 valence electrons. The highest BCUT2D eigenvalue weighted by Gasteiger charge is 2.40. The molecule has 0 spiro atoms. The quantitative estimate of drug-likeness (QED) is 0.881. The van der Waals surface area contributed by atoms with Crippen LogP contribution in [0.5, 0.6) is 0 Å². The topological polar surface area (TPSA) is 75.6 Å². The number of rotatable bonds is 2. The fraction of sp³-hybridized carbons (Fsp3) is 0.364. The van der Waals surface area contributed by atoms with Gasteiger partial charge in [0.2, 0.25) is 0 Å². The van der Waals surface area contributed by atoms with E-state index in [9.17, 15) is 23.1 Å². The van der Waals surface area contributed by atoms with Crippen LogP contribution < -0.4 is 4.90 Å². The average Bonchev–Trinajstić information content (AvgIpc) is 2.59. The maximum absolute atomic E-state index is 12.6. The van der Waals surface area contributed by atoms with Crippen LogP contribution in [0.3, 0.4) is 0 Å². The van der Waals surface area contributed by atoms with E-state index >= 15 is 0 Å². The Kier molecular flexibility index (Phi) is 3.38. The van der Waals surface area contributed by atoms with Crippen molar-refractivity contribution in [1.29, 1.82) is 0 Å². The molecule has 1 unspecified atom stereocenters. The van der Waals surface area contributed by atoms with Gasteiger partial charge >= 0.3 is 6.18 Å². The number of anilines is 1. The van der Waals surface area contributed by atoms with Crippen molar-refractivity contribution in [3.8, 4) is 0 Å². The Morgan fingerprint density at radius 2 is 2.05 bits per heavy atom. The molecule has 6 nitrogen and oxygen atoms in total. The van der Waals surface area contributed by atoms with Gasteiger partial charge < -0.3 is 9.84 Å². The summed E-state index contributed by atoms with van der Waals surface area (Å²) in [5.74, 6) is -1.23. The zero-order valence-corrected chi connectivity index (χ0v) is 10.5. The second-order valence-electron chi connectivity index (χ2n) is 4.02. The molecule has 1 aromatic heterocycles. The standard InChI is InChI=1S/C11H10F3N3O3/c1-5-8(20-2)10(19)17(9(5)18)7-3-6(11(12,13)14)15-4-16-7/h3-4,9,18H,1-2H3. The monoisotopic (exact) mass is 289 g/mol. The predicted molar refractivity (Wildman–Crippen MR) is 60.2 cm³/mol. The fourth-order valence-electron chi connectivity index (χ4n) is 1.81. The lowest BCUT2D eigenvalue weighted by Crippen LogP contribution is -2.36. The van der Waals surface area contributed by atoms with Gasteiger partial charge in [-0.15, -0.1) is 0 Å². The summed E-state index contributed by atoms with van der Waals surface area (Å²) in [5, 5.41) is 9.90. The number of carbonyl (C=O) groups is 1. The molecule has 0 saturated carbocycles. The summed E-state index contributed by atoms with van der Waals surface area (Å²) in [4.78, 5) is 19.4. The number of ether oxygens (including phenoxy) is 1. The molecule has 0 aliphatic carbocycles. The number of hydrogen-bond acceptors (Lipinski definition) is 5. The van der Waals surface area contributed by atoms with Crippen molar-refractivity contribution >= 4 is 11.7 Å². The lowest BCUT2D eigenvalue weighted by Gasteiger charge is -2.20. The summed E-state index contributed by atoms with van der Waals surface area (Å²) >= 11 is 0. The number of nitrogens with zero attached hydrogens (tertiary/aromatic N) is 3. The van der Waals surface area contributed by atoms with Crippen LogP contribution in [-0.2, 0) is 15.7 Å².